The van der Waals surface area contributed by atoms with Crippen molar-refractivity contribution in [1.29, 1.82) is 0 Å². The fourth-order valence-electron chi connectivity index (χ4n) is 1.93. The largest absolute Gasteiger partial charge is 0.480 e. The van der Waals surface area contributed by atoms with Crippen LogP contribution in [0.3, 0.4) is 0 Å². The molecule has 0 aliphatic heterocycles. The molecular formula is C16H13BrClN3O5. The van der Waals surface area contributed by atoms with Crippen LogP contribution in [-0.4, -0.2) is 22.8 Å². The van der Waals surface area contributed by atoms with Gasteiger partial charge in [-0.15, -0.1) is 0 Å². The number of benzene rings is 2. The lowest BCUT2D eigenvalue weighted by Crippen LogP contribution is -2.47. The molecule has 2 rings (SSSR count). The first-order valence-corrected chi connectivity index (χ1v) is 8.42. The molecule has 0 bridgehead atoms. The lowest BCUT2D eigenvalue weighted by molar-refractivity contribution is -0.385. The molecule has 2 aromatic rings. The Morgan fingerprint density at radius 3 is 2.58 bits per heavy atom. The molecule has 1 unspecified atom stereocenters. The summed E-state index contributed by atoms with van der Waals surface area (Å²) in [5.74, 6) is -1.06. The Hall–Kier alpha value is -2.65. The van der Waals surface area contributed by atoms with E-state index in [1.54, 1.807) is 18.2 Å². The van der Waals surface area contributed by atoms with Crippen LogP contribution in [0.2, 0.25) is 5.02 Å². The van der Waals surface area contributed by atoms with E-state index in [-0.39, 0.29) is 11.3 Å². The number of hydrogen-bond donors (Lipinski definition) is 2. The third-order valence-electron chi connectivity index (χ3n) is 3.21. The van der Waals surface area contributed by atoms with Crippen molar-refractivity contribution in [2.75, 3.05) is 0 Å². The van der Waals surface area contributed by atoms with Gasteiger partial charge in [-0.05, 0) is 47.1 Å². The van der Waals surface area contributed by atoms with E-state index in [0.29, 0.717) is 15.2 Å². The highest BCUT2D eigenvalue weighted by Gasteiger charge is 2.21. The maximum atomic E-state index is 12.1. The first kappa shape index (κ1) is 19.7. The molecule has 0 aromatic heterocycles. The van der Waals surface area contributed by atoms with Crippen LogP contribution in [0.4, 0.5) is 5.69 Å². The van der Waals surface area contributed by atoms with E-state index in [1.165, 1.54) is 31.2 Å². The molecule has 26 heavy (non-hydrogen) atoms. The summed E-state index contributed by atoms with van der Waals surface area (Å²) in [5, 5.41) is 11.4. The van der Waals surface area contributed by atoms with E-state index >= 15 is 0 Å². The number of hydrazine groups is 1. The van der Waals surface area contributed by atoms with Crippen LogP contribution in [-0.2, 0) is 4.79 Å². The second-order valence-electron chi connectivity index (χ2n) is 5.05. The van der Waals surface area contributed by atoms with Gasteiger partial charge in [-0.1, -0.05) is 23.7 Å². The number of nitrogens with one attached hydrogen (secondary N) is 2. The van der Waals surface area contributed by atoms with Gasteiger partial charge in [-0.25, -0.2) is 0 Å². The normalized spacial score (nSPS) is 11.3. The SMILES string of the molecule is CC(Oc1ccc(Cl)cc1Br)C(=O)NNC(=O)c1ccccc1[N+](=O)[O-]. The summed E-state index contributed by atoms with van der Waals surface area (Å²) in [6.07, 6.45) is -0.946. The van der Waals surface area contributed by atoms with Crippen LogP contribution in [0.25, 0.3) is 0 Å². The highest BCUT2D eigenvalue weighted by molar-refractivity contribution is 9.10. The molecule has 0 saturated carbocycles. The van der Waals surface area contributed by atoms with Crippen LogP contribution >= 0.6 is 27.5 Å². The molecule has 0 saturated heterocycles. The van der Waals surface area contributed by atoms with Gasteiger partial charge in [0.2, 0.25) is 0 Å². The van der Waals surface area contributed by atoms with Gasteiger partial charge in [0.05, 0.1) is 9.40 Å². The lowest BCUT2D eigenvalue weighted by Gasteiger charge is -2.16. The topological polar surface area (TPSA) is 111 Å². The first-order valence-electron chi connectivity index (χ1n) is 7.25. The van der Waals surface area contributed by atoms with Gasteiger partial charge in [-0.3, -0.25) is 30.6 Å². The first-order chi connectivity index (χ1) is 12.3. The summed E-state index contributed by atoms with van der Waals surface area (Å²) in [5.41, 5.74) is 3.76. The number of para-hydroxylation sites is 1. The molecule has 2 aromatic carbocycles. The zero-order chi connectivity index (χ0) is 19.3. The molecule has 0 aliphatic carbocycles. The summed E-state index contributed by atoms with van der Waals surface area (Å²) < 4.78 is 6.05. The van der Waals surface area contributed by atoms with E-state index in [2.05, 4.69) is 26.8 Å². The Morgan fingerprint density at radius 1 is 1.23 bits per heavy atom. The van der Waals surface area contributed by atoms with E-state index in [9.17, 15) is 19.7 Å². The van der Waals surface area contributed by atoms with Crippen molar-refractivity contribution in [3.05, 3.63) is 67.6 Å². The van der Waals surface area contributed by atoms with Gasteiger partial charge >= 0.3 is 0 Å². The predicted octanol–water partition coefficient (Wildman–Crippen LogP) is 3.24. The minimum absolute atomic E-state index is 0.174. The average molecular weight is 443 g/mol. The smallest absolute Gasteiger partial charge is 0.282 e. The molecule has 2 N–H and O–H groups in total. The zero-order valence-electron chi connectivity index (χ0n) is 13.4. The third kappa shape index (κ3) is 4.93. The van der Waals surface area contributed by atoms with Gasteiger partial charge < -0.3 is 4.74 Å². The maximum absolute atomic E-state index is 12.1. The molecule has 1 atom stereocenters. The van der Waals surface area contributed by atoms with Crippen molar-refractivity contribution >= 4 is 45.0 Å². The van der Waals surface area contributed by atoms with Crippen molar-refractivity contribution < 1.29 is 19.2 Å². The Bertz CT molecular complexity index is 862. The summed E-state index contributed by atoms with van der Waals surface area (Å²) in [6, 6.07) is 10.2. The Labute approximate surface area is 161 Å². The molecule has 0 spiro atoms. The molecule has 10 heteroatoms. The lowest BCUT2D eigenvalue weighted by atomic mass is 10.2. The van der Waals surface area contributed by atoms with Crippen LogP contribution in [0.5, 0.6) is 5.75 Å². The predicted molar refractivity (Wildman–Crippen MR) is 97.9 cm³/mol. The summed E-state index contributed by atoms with van der Waals surface area (Å²) >= 11 is 9.10. The van der Waals surface area contributed by atoms with Gasteiger partial charge in [-0.2, -0.15) is 0 Å². The number of hydrogen-bond acceptors (Lipinski definition) is 5. The van der Waals surface area contributed by atoms with E-state index in [1.807, 2.05) is 0 Å². The van der Waals surface area contributed by atoms with Crippen molar-refractivity contribution in [2.45, 2.75) is 13.0 Å². The fourth-order valence-corrected chi connectivity index (χ4v) is 2.70. The van der Waals surface area contributed by atoms with E-state index in [0.717, 1.165) is 0 Å². The average Bonchev–Trinajstić information content (AvgIpc) is 2.61. The van der Waals surface area contributed by atoms with E-state index in [4.69, 9.17) is 16.3 Å². The Balaban J connectivity index is 1.97. The maximum Gasteiger partial charge on any atom is 0.282 e. The van der Waals surface area contributed by atoms with Gasteiger partial charge in [0, 0.05) is 11.1 Å². The number of ether oxygens (including phenoxy) is 1. The summed E-state index contributed by atoms with van der Waals surface area (Å²) in [4.78, 5) is 34.4. The summed E-state index contributed by atoms with van der Waals surface area (Å²) in [6.45, 7) is 1.48. The highest BCUT2D eigenvalue weighted by atomic mass is 79.9. The minimum Gasteiger partial charge on any atom is -0.480 e. The van der Waals surface area contributed by atoms with E-state index < -0.39 is 22.8 Å². The van der Waals surface area contributed by atoms with Crippen LogP contribution < -0.4 is 15.6 Å². The monoisotopic (exact) mass is 441 g/mol. The van der Waals surface area contributed by atoms with Gasteiger partial charge in [0.25, 0.3) is 17.5 Å². The molecule has 0 radical (unpaired) electrons. The second kappa shape index (κ2) is 8.63. The molecule has 136 valence electrons. The third-order valence-corrected chi connectivity index (χ3v) is 4.07. The van der Waals surface area contributed by atoms with Crippen LogP contribution in [0.1, 0.15) is 17.3 Å². The molecular weight excluding hydrogens is 430 g/mol. The number of nitro groups is 1. The standard InChI is InChI=1S/C16H13BrClN3O5/c1-9(26-14-7-6-10(18)8-12(14)17)15(22)19-20-16(23)11-4-2-3-5-13(11)21(24)25/h2-9H,1H3,(H,19,22)(H,20,23). The van der Waals surface area contributed by atoms with Gasteiger partial charge in [0.15, 0.2) is 6.10 Å². The quantitative estimate of drug-likeness (QED) is 0.545. The Kier molecular flexibility index (Phi) is 6.53. The highest BCUT2D eigenvalue weighted by Crippen LogP contribution is 2.28. The van der Waals surface area contributed by atoms with Crippen LogP contribution in [0.15, 0.2) is 46.9 Å². The van der Waals surface area contributed by atoms with Crippen molar-refractivity contribution in [1.82, 2.24) is 10.9 Å². The number of rotatable bonds is 5. The summed E-state index contributed by atoms with van der Waals surface area (Å²) in [7, 11) is 0. The fraction of sp³-hybridized carbons (Fsp3) is 0.125. The number of halogens is 2. The van der Waals surface area contributed by atoms with Gasteiger partial charge in [0.1, 0.15) is 11.3 Å². The number of nitrogens with zero attached hydrogens (tertiary/aromatic N) is 1. The number of carbonyl (C=O) groups excluding carboxylic acids is 2. The van der Waals surface area contributed by atoms with Crippen LogP contribution in [0, 0.1) is 10.1 Å². The zero-order valence-corrected chi connectivity index (χ0v) is 15.7. The molecule has 0 fully saturated rings. The van der Waals surface area contributed by atoms with Crippen molar-refractivity contribution in [3.63, 3.8) is 0 Å². The molecule has 0 heterocycles. The molecule has 0 aliphatic rings. The number of carbonyl (C=O) groups is 2. The number of nitro benzene ring substituents is 1. The second-order valence-corrected chi connectivity index (χ2v) is 6.34. The molecule has 2 amide bonds. The Morgan fingerprint density at radius 2 is 1.92 bits per heavy atom. The van der Waals surface area contributed by atoms with Crippen molar-refractivity contribution in [3.8, 4) is 5.75 Å². The molecule has 8 nitrogen and oxygen atoms in total. The minimum atomic E-state index is -0.946. The number of amides is 2. The van der Waals surface area contributed by atoms with Crippen molar-refractivity contribution in [2.24, 2.45) is 0 Å².